The number of hydrogen-bond acceptors (Lipinski definition) is 3. The molecule has 1 atom stereocenters. The molecule has 2 fully saturated rings. The number of likely N-dealkylation sites (tertiary alicyclic amines) is 1. The Morgan fingerprint density at radius 2 is 2.16 bits per heavy atom. The molecule has 1 aliphatic carbocycles. The highest BCUT2D eigenvalue weighted by Crippen LogP contribution is 2.39. The third-order valence-corrected chi connectivity index (χ3v) is 3.89. The highest BCUT2D eigenvalue weighted by molar-refractivity contribution is 5.92. The molecule has 1 amide bonds. The molecular weight excluding hydrogens is 246 g/mol. The highest BCUT2D eigenvalue weighted by Gasteiger charge is 2.31. The highest BCUT2D eigenvalue weighted by atomic mass is 16.4. The van der Waals surface area contributed by atoms with Crippen molar-refractivity contribution < 1.29 is 14.7 Å². The minimum Gasteiger partial charge on any atom is -0.481 e. The maximum absolute atomic E-state index is 12.3. The van der Waals surface area contributed by atoms with Crippen LogP contribution in [0.2, 0.25) is 0 Å². The molecule has 1 aliphatic heterocycles. The maximum Gasteiger partial charge on any atom is 0.308 e. The lowest BCUT2D eigenvalue weighted by molar-refractivity contribution is -0.143. The van der Waals surface area contributed by atoms with Gasteiger partial charge in [-0.25, -0.2) is 0 Å². The molecule has 0 bridgehead atoms. The second-order valence-electron chi connectivity index (χ2n) is 5.41. The fourth-order valence-electron chi connectivity index (χ4n) is 2.57. The Bertz CT molecular complexity index is 507. The lowest BCUT2D eigenvalue weighted by atomic mass is 9.98. The van der Waals surface area contributed by atoms with Crippen LogP contribution in [0, 0.1) is 5.92 Å². The van der Waals surface area contributed by atoms with Crippen molar-refractivity contribution in [2.45, 2.75) is 31.6 Å². The van der Waals surface area contributed by atoms with Crippen LogP contribution in [-0.2, 0) is 4.79 Å². The number of aromatic amines is 1. The van der Waals surface area contributed by atoms with E-state index in [-0.39, 0.29) is 5.91 Å². The lowest BCUT2D eigenvalue weighted by Gasteiger charge is -2.30. The van der Waals surface area contributed by atoms with Crippen LogP contribution in [0.1, 0.15) is 47.8 Å². The smallest absolute Gasteiger partial charge is 0.308 e. The number of H-pyrrole nitrogens is 1. The van der Waals surface area contributed by atoms with Crippen LogP contribution in [0.25, 0.3) is 0 Å². The first-order valence-electron chi connectivity index (χ1n) is 6.72. The van der Waals surface area contributed by atoms with Crippen molar-refractivity contribution in [3.05, 3.63) is 17.5 Å². The minimum absolute atomic E-state index is 0.158. The van der Waals surface area contributed by atoms with Gasteiger partial charge >= 0.3 is 5.97 Å². The summed E-state index contributed by atoms with van der Waals surface area (Å²) >= 11 is 0. The lowest BCUT2D eigenvalue weighted by Crippen LogP contribution is -2.42. The second-order valence-corrected chi connectivity index (χ2v) is 5.41. The van der Waals surface area contributed by atoms with E-state index in [1.54, 1.807) is 4.90 Å². The van der Waals surface area contributed by atoms with E-state index in [2.05, 4.69) is 10.2 Å². The van der Waals surface area contributed by atoms with Crippen molar-refractivity contribution in [3.63, 3.8) is 0 Å². The summed E-state index contributed by atoms with van der Waals surface area (Å²) in [4.78, 5) is 24.9. The SMILES string of the molecule is O=C(O)C1CCCN(C(=O)c2cc(C3CC3)[nH]n2)C1. The van der Waals surface area contributed by atoms with Crippen LogP contribution in [0.4, 0.5) is 0 Å². The second kappa shape index (κ2) is 4.68. The van der Waals surface area contributed by atoms with Crippen LogP contribution < -0.4 is 0 Å². The van der Waals surface area contributed by atoms with Crippen molar-refractivity contribution in [1.29, 1.82) is 0 Å². The summed E-state index contributed by atoms with van der Waals surface area (Å²) in [6.07, 6.45) is 3.69. The molecule has 2 aliphatic rings. The zero-order valence-electron chi connectivity index (χ0n) is 10.6. The van der Waals surface area contributed by atoms with E-state index in [0.717, 1.165) is 25.0 Å². The van der Waals surface area contributed by atoms with Gasteiger partial charge in [0, 0.05) is 24.7 Å². The summed E-state index contributed by atoms with van der Waals surface area (Å²) in [7, 11) is 0. The Balaban J connectivity index is 1.69. The van der Waals surface area contributed by atoms with Crippen molar-refractivity contribution in [2.75, 3.05) is 13.1 Å². The van der Waals surface area contributed by atoms with Gasteiger partial charge in [0.05, 0.1) is 5.92 Å². The number of carbonyl (C=O) groups excluding carboxylic acids is 1. The normalized spacial score (nSPS) is 23.4. The Kier molecular flexibility index (Phi) is 3.00. The van der Waals surface area contributed by atoms with Gasteiger partial charge in [0.15, 0.2) is 0 Å². The Morgan fingerprint density at radius 3 is 2.84 bits per heavy atom. The average Bonchev–Trinajstić information content (AvgIpc) is 3.16. The van der Waals surface area contributed by atoms with Crippen LogP contribution >= 0.6 is 0 Å². The van der Waals surface area contributed by atoms with Gasteiger partial charge in [-0.3, -0.25) is 14.7 Å². The standard InChI is InChI=1S/C13H17N3O3/c17-12(11-6-10(14-15-11)8-3-4-8)16-5-1-2-9(7-16)13(18)19/h6,8-9H,1-5,7H2,(H,14,15)(H,18,19). The molecule has 1 unspecified atom stereocenters. The number of aliphatic carboxylic acids is 1. The molecule has 1 saturated heterocycles. The molecule has 1 aromatic rings. The van der Waals surface area contributed by atoms with Crippen molar-refractivity contribution in [1.82, 2.24) is 15.1 Å². The monoisotopic (exact) mass is 263 g/mol. The molecule has 1 saturated carbocycles. The Hall–Kier alpha value is -1.85. The summed E-state index contributed by atoms with van der Waals surface area (Å²) in [5.74, 6) is -0.894. The summed E-state index contributed by atoms with van der Waals surface area (Å²) in [6.45, 7) is 0.911. The van der Waals surface area contributed by atoms with Crippen molar-refractivity contribution in [3.8, 4) is 0 Å². The fraction of sp³-hybridized carbons (Fsp3) is 0.615. The molecule has 102 valence electrons. The van der Waals surface area contributed by atoms with Crippen LogP contribution in [0.5, 0.6) is 0 Å². The van der Waals surface area contributed by atoms with Gasteiger partial charge in [0.25, 0.3) is 5.91 Å². The molecule has 2 N–H and O–H groups in total. The molecule has 0 aromatic carbocycles. The molecule has 19 heavy (non-hydrogen) atoms. The van der Waals surface area contributed by atoms with E-state index in [1.807, 2.05) is 6.07 Å². The zero-order chi connectivity index (χ0) is 13.4. The van der Waals surface area contributed by atoms with E-state index >= 15 is 0 Å². The Morgan fingerprint density at radius 1 is 1.37 bits per heavy atom. The third kappa shape index (κ3) is 2.47. The summed E-state index contributed by atoms with van der Waals surface area (Å²) in [6, 6.07) is 1.81. The van der Waals surface area contributed by atoms with E-state index < -0.39 is 11.9 Å². The number of aromatic nitrogens is 2. The van der Waals surface area contributed by atoms with Gasteiger partial charge in [-0.15, -0.1) is 0 Å². The summed E-state index contributed by atoms with van der Waals surface area (Å²) in [5.41, 5.74) is 1.43. The number of nitrogens with one attached hydrogen (secondary N) is 1. The van der Waals surface area contributed by atoms with Gasteiger partial charge in [0.2, 0.25) is 0 Å². The predicted molar refractivity (Wildman–Crippen MR) is 66.8 cm³/mol. The van der Waals surface area contributed by atoms with Crippen LogP contribution in [0.3, 0.4) is 0 Å². The Labute approximate surface area is 110 Å². The molecule has 1 aromatic heterocycles. The number of amides is 1. The topological polar surface area (TPSA) is 86.3 Å². The van der Waals surface area contributed by atoms with Gasteiger partial charge in [0.1, 0.15) is 5.69 Å². The molecule has 2 heterocycles. The molecule has 0 radical (unpaired) electrons. The van der Waals surface area contributed by atoms with E-state index in [1.165, 1.54) is 0 Å². The molecule has 6 heteroatoms. The van der Waals surface area contributed by atoms with E-state index in [9.17, 15) is 9.59 Å². The number of carboxylic acid groups (broad SMARTS) is 1. The number of carbonyl (C=O) groups is 2. The number of rotatable bonds is 3. The third-order valence-electron chi connectivity index (χ3n) is 3.89. The van der Waals surface area contributed by atoms with Crippen molar-refractivity contribution >= 4 is 11.9 Å². The van der Waals surface area contributed by atoms with E-state index in [4.69, 9.17) is 5.11 Å². The number of carboxylic acids is 1. The van der Waals surface area contributed by atoms with E-state index in [0.29, 0.717) is 31.1 Å². The number of nitrogens with zero attached hydrogens (tertiary/aromatic N) is 2. The van der Waals surface area contributed by atoms with Crippen LogP contribution in [0.15, 0.2) is 6.07 Å². The number of hydrogen-bond donors (Lipinski definition) is 2. The maximum atomic E-state index is 12.3. The minimum atomic E-state index is -0.821. The first-order chi connectivity index (χ1) is 9.15. The largest absolute Gasteiger partial charge is 0.481 e. The summed E-state index contributed by atoms with van der Waals surface area (Å²) in [5, 5.41) is 16.0. The van der Waals surface area contributed by atoms with Crippen molar-refractivity contribution in [2.24, 2.45) is 5.92 Å². The average molecular weight is 263 g/mol. The first kappa shape index (κ1) is 12.2. The molecular formula is C13H17N3O3. The van der Waals surface area contributed by atoms with Gasteiger partial charge < -0.3 is 10.0 Å². The first-order valence-corrected chi connectivity index (χ1v) is 6.72. The fourth-order valence-corrected chi connectivity index (χ4v) is 2.57. The summed E-state index contributed by atoms with van der Waals surface area (Å²) < 4.78 is 0. The molecule has 3 rings (SSSR count). The van der Waals surface area contributed by atoms with Gasteiger partial charge in [-0.05, 0) is 31.7 Å². The van der Waals surface area contributed by atoms with Gasteiger partial charge in [-0.2, -0.15) is 5.10 Å². The zero-order valence-corrected chi connectivity index (χ0v) is 10.6. The predicted octanol–water partition coefficient (Wildman–Crippen LogP) is 1.22. The van der Waals surface area contributed by atoms with Gasteiger partial charge in [-0.1, -0.05) is 0 Å². The number of piperidine rings is 1. The van der Waals surface area contributed by atoms with Crippen LogP contribution in [-0.4, -0.2) is 45.2 Å². The molecule has 0 spiro atoms. The molecule has 6 nitrogen and oxygen atoms in total. The quantitative estimate of drug-likeness (QED) is 0.858.